The summed E-state index contributed by atoms with van der Waals surface area (Å²) in [7, 11) is 0. The standard InChI is InChI=1S/C25H25N3O5/c1-17-10-18(2)12-19(11-17)27(14-23(29)26-13-20-6-5-9-32-20)24(30)15-28-21-7-3-4-8-22(21)33-16-25(28)31/h3-12H,13-16H2,1-2H3,(H,26,29). The van der Waals surface area contributed by atoms with Crippen molar-refractivity contribution in [3.8, 4) is 5.75 Å². The van der Waals surface area contributed by atoms with Gasteiger partial charge in [-0.1, -0.05) is 18.2 Å². The van der Waals surface area contributed by atoms with Crippen LogP contribution in [0.1, 0.15) is 16.9 Å². The van der Waals surface area contributed by atoms with Crippen molar-refractivity contribution in [2.45, 2.75) is 20.4 Å². The zero-order valence-corrected chi connectivity index (χ0v) is 18.5. The maximum atomic E-state index is 13.5. The van der Waals surface area contributed by atoms with Crippen molar-refractivity contribution in [1.82, 2.24) is 5.32 Å². The summed E-state index contributed by atoms with van der Waals surface area (Å²) in [6, 6.07) is 16.3. The first-order valence-electron chi connectivity index (χ1n) is 10.6. The van der Waals surface area contributed by atoms with Gasteiger partial charge in [-0.15, -0.1) is 0 Å². The molecule has 0 radical (unpaired) electrons. The van der Waals surface area contributed by atoms with E-state index in [9.17, 15) is 14.4 Å². The predicted octanol–water partition coefficient (Wildman–Crippen LogP) is 2.97. The predicted molar refractivity (Wildman–Crippen MR) is 123 cm³/mol. The van der Waals surface area contributed by atoms with E-state index in [4.69, 9.17) is 9.15 Å². The molecular weight excluding hydrogens is 422 g/mol. The van der Waals surface area contributed by atoms with E-state index in [0.717, 1.165) is 11.1 Å². The van der Waals surface area contributed by atoms with Crippen molar-refractivity contribution in [1.29, 1.82) is 0 Å². The number of benzene rings is 2. The van der Waals surface area contributed by atoms with Gasteiger partial charge < -0.3 is 19.4 Å². The van der Waals surface area contributed by atoms with Gasteiger partial charge >= 0.3 is 0 Å². The molecule has 33 heavy (non-hydrogen) atoms. The summed E-state index contributed by atoms with van der Waals surface area (Å²) >= 11 is 0. The van der Waals surface area contributed by atoms with Gasteiger partial charge in [0, 0.05) is 5.69 Å². The van der Waals surface area contributed by atoms with Crippen LogP contribution in [0, 0.1) is 13.8 Å². The molecule has 0 unspecified atom stereocenters. The molecule has 8 heteroatoms. The molecule has 0 spiro atoms. The number of para-hydroxylation sites is 2. The normalized spacial score (nSPS) is 12.7. The van der Waals surface area contributed by atoms with E-state index in [2.05, 4.69) is 5.32 Å². The number of rotatable bonds is 7. The van der Waals surface area contributed by atoms with Gasteiger partial charge in [0.05, 0.1) is 18.5 Å². The van der Waals surface area contributed by atoms with E-state index >= 15 is 0 Å². The Hall–Kier alpha value is -4.07. The first-order valence-corrected chi connectivity index (χ1v) is 10.6. The van der Waals surface area contributed by atoms with Crippen molar-refractivity contribution in [2.75, 3.05) is 29.5 Å². The maximum absolute atomic E-state index is 13.5. The highest BCUT2D eigenvalue weighted by molar-refractivity contribution is 6.07. The Morgan fingerprint density at radius 2 is 1.82 bits per heavy atom. The Kier molecular flexibility index (Phi) is 6.44. The molecule has 0 fully saturated rings. The Balaban J connectivity index is 1.56. The number of carbonyl (C=O) groups excluding carboxylic acids is 3. The first-order chi connectivity index (χ1) is 15.9. The fourth-order valence-corrected chi connectivity index (χ4v) is 3.78. The van der Waals surface area contributed by atoms with Gasteiger partial charge in [-0.2, -0.15) is 0 Å². The van der Waals surface area contributed by atoms with Crippen LogP contribution in [0.4, 0.5) is 11.4 Å². The van der Waals surface area contributed by atoms with Crippen LogP contribution in [-0.4, -0.2) is 37.4 Å². The molecule has 170 valence electrons. The third-order valence-corrected chi connectivity index (χ3v) is 5.26. The number of furan rings is 1. The average molecular weight is 447 g/mol. The summed E-state index contributed by atoms with van der Waals surface area (Å²) < 4.78 is 10.7. The van der Waals surface area contributed by atoms with Gasteiger partial charge in [0.1, 0.15) is 24.6 Å². The Morgan fingerprint density at radius 1 is 1.06 bits per heavy atom. The molecule has 1 aliphatic heterocycles. The molecule has 0 saturated heterocycles. The van der Waals surface area contributed by atoms with E-state index < -0.39 is 0 Å². The number of anilines is 2. The van der Waals surface area contributed by atoms with Crippen molar-refractivity contribution in [3.05, 3.63) is 77.7 Å². The molecule has 3 aromatic rings. The van der Waals surface area contributed by atoms with Gasteiger partial charge in [0.25, 0.3) is 5.91 Å². The number of hydrogen-bond acceptors (Lipinski definition) is 5. The van der Waals surface area contributed by atoms with E-state index in [-0.39, 0.29) is 44.0 Å². The number of nitrogens with zero attached hydrogens (tertiary/aromatic N) is 2. The van der Waals surface area contributed by atoms with Gasteiger partial charge in [-0.05, 0) is 61.4 Å². The van der Waals surface area contributed by atoms with Crippen LogP contribution in [0.2, 0.25) is 0 Å². The van der Waals surface area contributed by atoms with Crippen LogP contribution in [0.15, 0.2) is 65.3 Å². The van der Waals surface area contributed by atoms with Crippen LogP contribution in [0.5, 0.6) is 5.75 Å². The molecule has 3 amide bonds. The highest BCUT2D eigenvalue weighted by atomic mass is 16.5. The van der Waals surface area contributed by atoms with Gasteiger partial charge in [-0.25, -0.2) is 0 Å². The zero-order valence-electron chi connectivity index (χ0n) is 18.5. The van der Waals surface area contributed by atoms with Crippen molar-refractivity contribution >= 4 is 29.1 Å². The number of nitrogens with one attached hydrogen (secondary N) is 1. The molecule has 1 aromatic heterocycles. The number of ether oxygens (including phenoxy) is 1. The summed E-state index contributed by atoms with van der Waals surface area (Å²) in [4.78, 5) is 41.5. The SMILES string of the molecule is Cc1cc(C)cc(N(CC(=O)NCc2ccco2)C(=O)CN2C(=O)COc3ccccc32)c1. The first kappa shape index (κ1) is 22.1. The number of hydrogen-bond donors (Lipinski definition) is 1. The molecule has 0 atom stereocenters. The zero-order chi connectivity index (χ0) is 23.4. The Labute approximate surface area is 191 Å². The summed E-state index contributed by atoms with van der Waals surface area (Å²) in [6.45, 7) is 3.53. The molecule has 2 heterocycles. The number of carbonyl (C=O) groups is 3. The van der Waals surface area contributed by atoms with E-state index in [0.29, 0.717) is 22.9 Å². The molecule has 2 aromatic carbocycles. The van der Waals surface area contributed by atoms with Gasteiger partial charge in [-0.3, -0.25) is 19.3 Å². The largest absolute Gasteiger partial charge is 0.482 e. The van der Waals surface area contributed by atoms with Crippen LogP contribution >= 0.6 is 0 Å². The minimum atomic E-state index is -0.377. The second-order valence-corrected chi connectivity index (χ2v) is 7.92. The van der Waals surface area contributed by atoms with Gasteiger partial charge in [0.2, 0.25) is 11.8 Å². The lowest BCUT2D eigenvalue weighted by Crippen LogP contribution is -2.49. The fourth-order valence-electron chi connectivity index (χ4n) is 3.78. The molecule has 0 aliphatic carbocycles. The van der Waals surface area contributed by atoms with Crippen LogP contribution in [0.3, 0.4) is 0 Å². The van der Waals surface area contributed by atoms with Crippen molar-refractivity contribution < 1.29 is 23.5 Å². The fraction of sp³-hybridized carbons (Fsp3) is 0.240. The van der Waals surface area contributed by atoms with Crippen molar-refractivity contribution in [2.24, 2.45) is 0 Å². The summed E-state index contributed by atoms with van der Waals surface area (Å²) in [6.07, 6.45) is 1.53. The van der Waals surface area contributed by atoms with E-state index in [1.165, 1.54) is 16.1 Å². The Morgan fingerprint density at radius 3 is 2.55 bits per heavy atom. The van der Waals surface area contributed by atoms with E-state index in [1.54, 1.807) is 36.4 Å². The third kappa shape index (κ3) is 5.23. The highest BCUT2D eigenvalue weighted by Crippen LogP contribution is 2.31. The average Bonchev–Trinajstić information content (AvgIpc) is 3.31. The molecule has 0 saturated carbocycles. The van der Waals surface area contributed by atoms with Crippen LogP contribution in [0.25, 0.3) is 0 Å². The molecular formula is C25H25N3O5. The van der Waals surface area contributed by atoms with Crippen LogP contribution in [-0.2, 0) is 20.9 Å². The molecule has 8 nitrogen and oxygen atoms in total. The van der Waals surface area contributed by atoms with Crippen LogP contribution < -0.4 is 19.9 Å². The minimum absolute atomic E-state index is 0.141. The smallest absolute Gasteiger partial charge is 0.265 e. The highest BCUT2D eigenvalue weighted by Gasteiger charge is 2.30. The quantitative estimate of drug-likeness (QED) is 0.601. The summed E-state index contributed by atoms with van der Waals surface area (Å²) in [5, 5.41) is 2.77. The summed E-state index contributed by atoms with van der Waals surface area (Å²) in [5.41, 5.74) is 3.06. The Bertz CT molecular complexity index is 1150. The molecule has 1 N–H and O–H groups in total. The molecule has 1 aliphatic rings. The number of aryl methyl sites for hydroxylation is 2. The number of fused-ring (bicyclic) bond motifs is 1. The molecule has 0 bridgehead atoms. The third-order valence-electron chi connectivity index (χ3n) is 5.26. The topological polar surface area (TPSA) is 92.1 Å². The lowest BCUT2D eigenvalue weighted by atomic mass is 10.1. The minimum Gasteiger partial charge on any atom is -0.482 e. The van der Waals surface area contributed by atoms with Gasteiger partial charge in [0.15, 0.2) is 6.61 Å². The van der Waals surface area contributed by atoms with Crippen molar-refractivity contribution in [3.63, 3.8) is 0 Å². The molecule has 4 rings (SSSR count). The summed E-state index contributed by atoms with van der Waals surface area (Å²) in [5.74, 6) is 0.123. The lowest BCUT2D eigenvalue weighted by Gasteiger charge is -2.31. The maximum Gasteiger partial charge on any atom is 0.265 e. The van der Waals surface area contributed by atoms with E-state index in [1.807, 2.05) is 32.0 Å². The monoisotopic (exact) mass is 447 g/mol. The second kappa shape index (κ2) is 9.60. The number of amides is 3. The lowest BCUT2D eigenvalue weighted by molar-refractivity contribution is -0.125. The second-order valence-electron chi connectivity index (χ2n) is 7.92.